The van der Waals surface area contributed by atoms with Crippen molar-refractivity contribution in [2.75, 3.05) is 24.5 Å². The number of hydrogen-bond acceptors (Lipinski definition) is 3. The second-order valence-electron chi connectivity index (χ2n) is 6.29. The quantitative estimate of drug-likeness (QED) is 0.891. The van der Waals surface area contributed by atoms with Crippen molar-refractivity contribution in [1.82, 2.24) is 10.3 Å². The number of amides is 1. The van der Waals surface area contributed by atoms with E-state index in [1.54, 1.807) is 19.1 Å². The Labute approximate surface area is 143 Å². The largest absolute Gasteiger partial charge is 0.371 e. The molecule has 1 fully saturated rings. The van der Waals surface area contributed by atoms with Gasteiger partial charge in [-0.2, -0.15) is 0 Å². The number of carbonyl (C=O) groups is 1. The third-order valence-corrected chi connectivity index (χ3v) is 4.41. The topological polar surface area (TPSA) is 65.2 Å². The summed E-state index contributed by atoms with van der Waals surface area (Å²) >= 11 is 0. The lowest BCUT2D eigenvalue weighted by atomic mass is 10.1. The number of hydrogen-bond donors (Lipinski definition) is 2. The zero-order valence-electron chi connectivity index (χ0n) is 13.8. The molecule has 0 bridgehead atoms. The lowest BCUT2D eigenvalue weighted by Crippen LogP contribution is -2.34. The highest BCUT2D eigenvalue weighted by molar-refractivity contribution is 5.93. The Bertz CT molecular complexity index is 850. The minimum Gasteiger partial charge on any atom is -0.371 e. The number of rotatable bonds is 4. The first-order valence-electron chi connectivity index (χ1n) is 8.12. The molecular formula is C18H19F2N3O2. The number of H-pyrrole nitrogens is 1. The second kappa shape index (κ2) is 7.04. The average Bonchev–Trinajstić information content (AvgIpc) is 3.04. The summed E-state index contributed by atoms with van der Waals surface area (Å²) in [5.41, 5.74) is 0.996. The van der Waals surface area contributed by atoms with Gasteiger partial charge >= 0.3 is 0 Å². The van der Waals surface area contributed by atoms with Gasteiger partial charge in [-0.15, -0.1) is 0 Å². The van der Waals surface area contributed by atoms with Gasteiger partial charge in [-0.25, -0.2) is 8.78 Å². The number of pyridine rings is 1. The number of aromatic amines is 1. The van der Waals surface area contributed by atoms with Gasteiger partial charge in [-0.05, 0) is 43.5 Å². The molecule has 1 atom stereocenters. The second-order valence-corrected chi connectivity index (χ2v) is 6.29. The van der Waals surface area contributed by atoms with Crippen LogP contribution in [0.15, 0.2) is 35.1 Å². The van der Waals surface area contributed by atoms with E-state index >= 15 is 0 Å². The van der Waals surface area contributed by atoms with E-state index in [-0.39, 0.29) is 11.5 Å². The summed E-state index contributed by atoms with van der Waals surface area (Å²) in [6.45, 7) is 3.51. The van der Waals surface area contributed by atoms with E-state index in [4.69, 9.17) is 0 Å². The molecular weight excluding hydrogens is 328 g/mol. The number of halogens is 2. The molecule has 3 rings (SSSR count). The van der Waals surface area contributed by atoms with Crippen molar-refractivity contribution in [3.63, 3.8) is 0 Å². The lowest BCUT2D eigenvalue weighted by molar-refractivity contribution is 0.0946. The maximum atomic E-state index is 13.3. The summed E-state index contributed by atoms with van der Waals surface area (Å²) in [5.74, 6) is -1.96. The molecule has 7 heteroatoms. The van der Waals surface area contributed by atoms with E-state index in [1.807, 2.05) is 4.90 Å². The molecule has 5 nitrogen and oxygen atoms in total. The molecule has 1 amide bonds. The fourth-order valence-electron chi connectivity index (χ4n) is 3.00. The molecule has 1 aliphatic heterocycles. The van der Waals surface area contributed by atoms with E-state index in [0.717, 1.165) is 12.5 Å². The summed E-state index contributed by atoms with van der Waals surface area (Å²) in [6, 6.07) is 7.03. The van der Waals surface area contributed by atoms with E-state index in [1.165, 1.54) is 12.1 Å². The molecule has 1 saturated heterocycles. The maximum Gasteiger partial charge on any atom is 0.260 e. The Hall–Kier alpha value is -2.70. The standard InChI is InChI=1S/C18H19F2N3O2/c1-11-2-4-14(18(25)22-11)17(24)21-9-12-6-7-23(10-12)13-3-5-15(19)16(20)8-13/h2-5,8,12H,6-7,9-10H2,1H3,(H,21,24)(H,22,25)/t12-/m0/s1. The van der Waals surface area contributed by atoms with Crippen molar-refractivity contribution in [3.8, 4) is 0 Å². The molecule has 0 radical (unpaired) electrons. The predicted molar refractivity (Wildman–Crippen MR) is 90.8 cm³/mol. The monoisotopic (exact) mass is 347 g/mol. The third-order valence-electron chi connectivity index (χ3n) is 4.41. The van der Waals surface area contributed by atoms with E-state index in [0.29, 0.717) is 31.0 Å². The molecule has 1 aliphatic rings. The number of nitrogens with zero attached hydrogens (tertiary/aromatic N) is 1. The SMILES string of the molecule is Cc1ccc(C(=O)NC[C@@H]2CCN(c3ccc(F)c(F)c3)C2)c(=O)[nH]1. The van der Waals surface area contributed by atoms with Crippen molar-refractivity contribution in [1.29, 1.82) is 0 Å². The fraction of sp³-hybridized carbons (Fsp3) is 0.333. The van der Waals surface area contributed by atoms with Crippen molar-refractivity contribution in [3.05, 3.63) is 63.6 Å². The predicted octanol–water partition coefficient (Wildman–Crippen LogP) is 2.22. The van der Waals surface area contributed by atoms with Gasteiger partial charge in [0.05, 0.1) is 0 Å². The van der Waals surface area contributed by atoms with Crippen LogP contribution in [-0.2, 0) is 0 Å². The van der Waals surface area contributed by atoms with Gasteiger partial charge in [-0.1, -0.05) is 0 Å². The van der Waals surface area contributed by atoms with Crippen LogP contribution in [0, 0.1) is 24.5 Å². The molecule has 1 aromatic carbocycles. The van der Waals surface area contributed by atoms with Crippen LogP contribution in [0.2, 0.25) is 0 Å². The summed E-state index contributed by atoms with van der Waals surface area (Å²) in [7, 11) is 0. The molecule has 2 heterocycles. The van der Waals surface area contributed by atoms with Crippen LogP contribution >= 0.6 is 0 Å². The van der Waals surface area contributed by atoms with Crippen molar-refractivity contribution in [2.45, 2.75) is 13.3 Å². The number of nitrogens with one attached hydrogen (secondary N) is 2. The van der Waals surface area contributed by atoms with Crippen LogP contribution in [-0.4, -0.2) is 30.5 Å². The van der Waals surface area contributed by atoms with E-state index in [2.05, 4.69) is 10.3 Å². The highest BCUT2D eigenvalue weighted by Crippen LogP contribution is 2.25. The Morgan fingerprint density at radius 2 is 2.08 bits per heavy atom. The molecule has 0 unspecified atom stereocenters. The molecule has 0 saturated carbocycles. The first kappa shape index (κ1) is 17.1. The highest BCUT2D eigenvalue weighted by atomic mass is 19.2. The number of carbonyl (C=O) groups excluding carboxylic acids is 1. The van der Waals surface area contributed by atoms with Gasteiger partial charge in [0.1, 0.15) is 5.56 Å². The summed E-state index contributed by atoms with van der Waals surface area (Å²) in [4.78, 5) is 28.5. The van der Waals surface area contributed by atoms with Crippen LogP contribution in [0.3, 0.4) is 0 Å². The Balaban J connectivity index is 1.57. The van der Waals surface area contributed by atoms with Gasteiger partial charge in [0.15, 0.2) is 11.6 Å². The normalized spacial score (nSPS) is 16.9. The van der Waals surface area contributed by atoms with Crippen LogP contribution in [0.1, 0.15) is 22.5 Å². The van der Waals surface area contributed by atoms with Gasteiger partial charge < -0.3 is 15.2 Å². The molecule has 2 N–H and O–H groups in total. The minimum atomic E-state index is -0.868. The average molecular weight is 347 g/mol. The van der Waals surface area contributed by atoms with Gasteiger partial charge in [0, 0.05) is 37.1 Å². The highest BCUT2D eigenvalue weighted by Gasteiger charge is 2.24. The van der Waals surface area contributed by atoms with Gasteiger partial charge in [0.25, 0.3) is 11.5 Å². The molecule has 0 spiro atoms. The zero-order chi connectivity index (χ0) is 18.0. The zero-order valence-corrected chi connectivity index (χ0v) is 13.8. The van der Waals surface area contributed by atoms with E-state index in [9.17, 15) is 18.4 Å². The number of aryl methyl sites for hydroxylation is 1. The van der Waals surface area contributed by atoms with Crippen LogP contribution in [0.4, 0.5) is 14.5 Å². The molecule has 2 aromatic rings. The maximum absolute atomic E-state index is 13.3. The molecule has 0 aliphatic carbocycles. The van der Waals surface area contributed by atoms with Crippen LogP contribution < -0.4 is 15.8 Å². The van der Waals surface area contributed by atoms with Crippen LogP contribution in [0.5, 0.6) is 0 Å². The minimum absolute atomic E-state index is 0.0843. The first-order valence-corrected chi connectivity index (χ1v) is 8.12. The fourth-order valence-corrected chi connectivity index (χ4v) is 3.00. The van der Waals surface area contributed by atoms with Gasteiger partial charge in [-0.3, -0.25) is 9.59 Å². The first-order chi connectivity index (χ1) is 11.9. The summed E-state index contributed by atoms with van der Waals surface area (Å²) in [6.07, 6.45) is 0.823. The molecule has 25 heavy (non-hydrogen) atoms. The van der Waals surface area contributed by atoms with Crippen molar-refractivity contribution >= 4 is 11.6 Å². The van der Waals surface area contributed by atoms with E-state index < -0.39 is 23.1 Å². The Kier molecular flexibility index (Phi) is 4.83. The lowest BCUT2D eigenvalue weighted by Gasteiger charge is -2.19. The number of benzene rings is 1. The number of anilines is 1. The smallest absolute Gasteiger partial charge is 0.260 e. The Morgan fingerprint density at radius 3 is 2.80 bits per heavy atom. The van der Waals surface area contributed by atoms with Crippen LogP contribution in [0.25, 0.3) is 0 Å². The third kappa shape index (κ3) is 3.87. The molecule has 1 aromatic heterocycles. The summed E-state index contributed by atoms with van der Waals surface area (Å²) < 4.78 is 26.4. The number of aromatic nitrogens is 1. The Morgan fingerprint density at radius 1 is 1.28 bits per heavy atom. The van der Waals surface area contributed by atoms with Crippen molar-refractivity contribution < 1.29 is 13.6 Å². The molecule has 132 valence electrons. The van der Waals surface area contributed by atoms with Crippen molar-refractivity contribution in [2.24, 2.45) is 5.92 Å². The van der Waals surface area contributed by atoms with Gasteiger partial charge in [0.2, 0.25) is 0 Å². The summed E-state index contributed by atoms with van der Waals surface area (Å²) in [5, 5.41) is 2.77.